The van der Waals surface area contributed by atoms with Crippen LogP contribution in [0.4, 0.5) is 16.3 Å². The van der Waals surface area contributed by atoms with E-state index in [2.05, 4.69) is 25.4 Å². The molecule has 1 aromatic carbocycles. The van der Waals surface area contributed by atoms with Gasteiger partial charge in [0.25, 0.3) is 5.56 Å². The number of nitrogens with one attached hydrogen (secondary N) is 3. The van der Waals surface area contributed by atoms with Crippen molar-refractivity contribution in [2.24, 2.45) is 7.05 Å². The molecule has 0 atom stereocenters. The lowest BCUT2D eigenvalue weighted by molar-refractivity contribution is 0.109. The van der Waals surface area contributed by atoms with Crippen LogP contribution in [0.15, 0.2) is 46.2 Å². The van der Waals surface area contributed by atoms with Crippen LogP contribution in [0.3, 0.4) is 0 Å². The maximum absolute atomic E-state index is 13.2. The number of carbonyl (C=O) groups excluding carboxylic acids is 1. The second-order valence-corrected chi connectivity index (χ2v) is 12.5. The minimum absolute atomic E-state index is 0.0744. The molecule has 4 rings (SSSR count). The van der Waals surface area contributed by atoms with Gasteiger partial charge in [0.05, 0.1) is 20.9 Å². The molecule has 0 unspecified atom stereocenters. The maximum Gasteiger partial charge on any atom is 0.407 e. The van der Waals surface area contributed by atoms with E-state index in [9.17, 15) is 18.0 Å². The molecule has 0 saturated heterocycles. The Balaban J connectivity index is 1.54. The molecule has 0 spiro atoms. The molecule has 3 N–H and O–H groups in total. The van der Waals surface area contributed by atoms with Crippen molar-refractivity contribution in [2.75, 3.05) is 11.9 Å². The Morgan fingerprint density at radius 3 is 2.59 bits per heavy atom. The first-order valence-electron chi connectivity index (χ1n) is 12.9. The van der Waals surface area contributed by atoms with Crippen LogP contribution in [0, 0.1) is 0 Å². The number of aromatic nitrogens is 3. The van der Waals surface area contributed by atoms with Crippen LogP contribution in [0.25, 0.3) is 10.4 Å². The summed E-state index contributed by atoms with van der Waals surface area (Å²) in [5, 5.41) is 11.1. The van der Waals surface area contributed by atoms with E-state index in [1.165, 1.54) is 22.1 Å². The molecule has 210 valence electrons. The van der Waals surface area contributed by atoms with Crippen molar-refractivity contribution in [1.29, 1.82) is 0 Å². The van der Waals surface area contributed by atoms with Gasteiger partial charge in [0.2, 0.25) is 10.0 Å². The highest BCUT2D eigenvalue weighted by Crippen LogP contribution is 2.40. The highest BCUT2D eigenvalue weighted by Gasteiger charge is 2.27. The van der Waals surface area contributed by atoms with E-state index in [1.807, 2.05) is 13.8 Å². The molecule has 1 fully saturated rings. The molecule has 11 nitrogen and oxygen atoms in total. The lowest BCUT2D eigenvalue weighted by Crippen LogP contribution is -2.38. The van der Waals surface area contributed by atoms with Crippen LogP contribution in [0.1, 0.15) is 57.4 Å². The van der Waals surface area contributed by atoms with Crippen molar-refractivity contribution in [3.63, 3.8) is 0 Å². The number of anilines is 2. The number of sulfonamides is 1. The van der Waals surface area contributed by atoms with Crippen LogP contribution in [-0.4, -0.2) is 48.0 Å². The van der Waals surface area contributed by atoms with Crippen molar-refractivity contribution < 1.29 is 17.9 Å². The van der Waals surface area contributed by atoms with Crippen molar-refractivity contribution in [1.82, 2.24) is 24.8 Å². The Labute approximate surface area is 232 Å². The van der Waals surface area contributed by atoms with Gasteiger partial charge < -0.3 is 15.4 Å². The molecule has 0 radical (unpaired) electrons. The van der Waals surface area contributed by atoms with E-state index in [0.29, 0.717) is 17.1 Å². The third kappa shape index (κ3) is 7.22. The van der Waals surface area contributed by atoms with E-state index >= 15 is 0 Å². The topological polar surface area (TPSA) is 144 Å². The van der Waals surface area contributed by atoms with Crippen LogP contribution in [0.5, 0.6) is 0 Å². The summed E-state index contributed by atoms with van der Waals surface area (Å²) in [4.78, 5) is 29.1. The largest absolute Gasteiger partial charge is 0.447 e. The average molecular weight is 575 g/mol. The molecule has 1 aliphatic rings. The number of rotatable bonds is 9. The Bertz CT molecular complexity index is 1480. The van der Waals surface area contributed by atoms with Crippen LogP contribution in [0.2, 0.25) is 0 Å². The summed E-state index contributed by atoms with van der Waals surface area (Å²) in [5.41, 5.74) is 0.837. The van der Waals surface area contributed by atoms with Crippen LogP contribution in [-0.2, 0) is 21.8 Å². The minimum Gasteiger partial charge on any atom is -0.447 e. The van der Waals surface area contributed by atoms with Gasteiger partial charge in [0.15, 0.2) is 5.82 Å². The summed E-state index contributed by atoms with van der Waals surface area (Å²) in [6.07, 6.45) is 4.58. The number of ether oxygens (including phenoxy) is 1. The third-order valence-electron chi connectivity index (χ3n) is 6.37. The number of hydrogen-bond donors (Lipinski definition) is 3. The normalized spacial score (nSPS) is 17.7. The highest BCUT2D eigenvalue weighted by molar-refractivity contribution is 7.89. The van der Waals surface area contributed by atoms with E-state index in [4.69, 9.17) is 4.74 Å². The third-order valence-corrected chi connectivity index (χ3v) is 9.15. The van der Waals surface area contributed by atoms with Gasteiger partial charge in [-0.25, -0.2) is 27.6 Å². The molecular formula is C26H34N6O5S2. The zero-order valence-corrected chi connectivity index (χ0v) is 24.1. The molecule has 2 aromatic heterocycles. The Morgan fingerprint density at radius 1 is 1.18 bits per heavy atom. The predicted molar refractivity (Wildman–Crippen MR) is 151 cm³/mol. The fraction of sp³-hybridized carbons (Fsp3) is 0.462. The van der Waals surface area contributed by atoms with E-state index in [1.54, 1.807) is 44.4 Å². The Kier molecular flexibility index (Phi) is 9.03. The lowest BCUT2D eigenvalue weighted by Gasteiger charge is -2.28. The van der Waals surface area contributed by atoms with Gasteiger partial charge in [0.1, 0.15) is 0 Å². The van der Waals surface area contributed by atoms with Gasteiger partial charge in [-0.2, -0.15) is 5.10 Å². The molecular weight excluding hydrogens is 540 g/mol. The zero-order valence-electron chi connectivity index (χ0n) is 22.4. The lowest BCUT2D eigenvalue weighted by atomic mass is 9.86. The number of hydrogen-bond acceptors (Lipinski definition) is 9. The standard InChI is InChI=1S/C26H34N6O5S2/c1-5-28-39(35,36)22-14-19(29-23-12-13-24(33)32(4)31-23)10-11-20(22)21-15-27-25(38-21)17-6-8-18(9-7-17)30-26(34)37-16(2)3/h10-18,28H,5-9H2,1-4H3,(H,29,31)(H,30,34)/t17-,18-. The first-order chi connectivity index (χ1) is 18.6. The molecule has 2 heterocycles. The zero-order chi connectivity index (χ0) is 28.2. The maximum atomic E-state index is 13.2. The minimum atomic E-state index is -3.80. The van der Waals surface area contributed by atoms with Gasteiger partial charge in [-0.1, -0.05) is 13.0 Å². The highest BCUT2D eigenvalue weighted by atomic mass is 32.2. The SMILES string of the molecule is CCNS(=O)(=O)c1cc(Nc2ccc(=O)n(C)n2)ccc1-c1cnc([C@H]2CC[C@H](NC(=O)OC(C)C)CC2)s1. The summed E-state index contributed by atoms with van der Waals surface area (Å²) in [7, 11) is -2.26. The van der Waals surface area contributed by atoms with Crippen LogP contribution >= 0.6 is 11.3 Å². The first-order valence-corrected chi connectivity index (χ1v) is 15.2. The summed E-state index contributed by atoms with van der Waals surface area (Å²) in [6, 6.07) is 8.10. The number of aryl methyl sites for hydroxylation is 1. The molecule has 39 heavy (non-hydrogen) atoms. The fourth-order valence-electron chi connectivity index (χ4n) is 4.51. The van der Waals surface area contributed by atoms with E-state index < -0.39 is 10.0 Å². The average Bonchev–Trinajstić information content (AvgIpc) is 3.36. The quantitative estimate of drug-likeness (QED) is 0.346. The molecule has 3 aromatic rings. The molecule has 0 bridgehead atoms. The molecule has 1 saturated carbocycles. The predicted octanol–water partition coefficient (Wildman–Crippen LogP) is 4.11. The number of carbonyl (C=O) groups is 1. The van der Waals surface area contributed by atoms with E-state index in [-0.39, 0.29) is 41.2 Å². The van der Waals surface area contributed by atoms with Gasteiger partial charge in [-0.05, 0) is 57.7 Å². The van der Waals surface area contributed by atoms with Gasteiger partial charge in [-0.3, -0.25) is 4.79 Å². The molecule has 1 amide bonds. The second kappa shape index (κ2) is 12.3. The van der Waals surface area contributed by atoms with Crippen molar-refractivity contribution in [3.05, 3.63) is 51.9 Å². The molecule has 13 heteroatoms. The van der Waals surface area contributed by atoms with E-state index in [0.717, 1.165) is 35.6 Å². The van der Waals surface area contributed by atoms with Gasteiger partial charge in [-0.15, -0.1) is 11.3 Å². The number of nitrogens with zero attached hydrogens (tertiary/aromatic N) is 3. The summed E-state index contributed by atoms with van der Waals surface area (Å²) in [6.45, 7) is 5.62. The monoisotopic (exact) mass is 574 g/mol. The van der Waals surface area contributed by atoms with Crippen molar-refractivity contribution >= 4 is 39.0 Å². The summed E-state index contributed by atoms with van der Waals surface area (Å²) in [5.74, 6) is 0.660. The smallest absolute Gasteiger partial charge is 0.407 e. The van der Waals surface area contributed by atoms with Crippen molar-refractivity contribution in [2.45, 2.75) is 69.4 Å². The van der Waals surface area contributed by atoms with Gasteiger partial charge >= 0.3 is 6.09 Å². The second-order valence-electron chi connectivity index (χ2n) is 9.73. The van der Waals surface area contributed by atoms with Crippen molar-refractivity contribution in [3.8, 4) is 10.4 Å². The number of thiazole rings is 1. The first kappa shape index (κ1) is 28.7. The Hall–Kier alpha value is -3.29. The number of alkyl carbamates (subject to hydrolysis) is 1. The summed E-state index contributed by atoms with van der Waals surface area (Å²) < 4.78 is 35.3. The molecule has 0 aliphatic heterocycles. The van der Waals surface area contributed by atoms with Crippen LogP contribution < -0.4 is 20.9 Å². The van der Waals surface area contributed by atoms with Gasteiger partial charge in [0, 0.05) is 49.1 Å². The molecule has 1 aliphatic carbocycles. The number of benzene rings is 1. The fourth-order valence-corrected chi connectivity index (χ4v) is 6.99. The Morgan fingerprint density at radius 2 is 1.92 bits per heavy atom. The number of amides is 1. The summed E-state index contributed by atoms with van der Waals surface area (Å²) >= 11 is 1.49.